The van der Waals surface area contributed by atoms with Crippen molar-refractivity contribution in [3.63, 3.8) is 0 Å². The molecule has 0 aromatic rings. The summed E-state index contributed by atoms with van der Waals surface area (Å²) in [5.41, 5.74) is 0. The zero-order valence-electron chi connectivity index (χ0n) is 11.6. The van der Waals surface area contributed by atoms with Crippen molar-refractivity contribution in [2.75, 3.05) is 32.1 Å². The van der Waals surface area contributed by atoms with Crippen LogP contribution in [0, 0.1) is 0 Å². The number of carboxylic acids is 1. The summed E-state index contributed by atoms with van der Waals surface area (Å²) in [5, 5.41) is 11.0. The van der Waals surface area contributed by atoms with E-state index in [9.17, 15) is 14.4 Å². The van der Waals surface area contributed by atoms with E-state index in [1.165, 1.54) is 18.7 Å². The second kappa shape index (κ2) is 8.11. The molecule has 1 heterocycles. The molecule has 20 heavy (non-hydrogen) atoms. The van der Waals surface area contributed by atoms with E-state index < -0.39 is 17.9 Å². The number of ether oxygens (including phenoxy) is 1. The molecule has 114 valence electrons. The van der Waals surface area contributed by atoms with Crippen LogP contribution in [0.1, 0.15) is 13.8 Å². The van der Waals surface area contributed by atoms with Gasteiger partial charge in [-0.2, -0.15) is 0 Å². The Labute approximate surface area is 122 Å². The number of aliphatic carboxylic acids is 1. The van der Waals surface area contributed by atoms with Gasteiger partial charge in [-0.05, 0) is 6.92 Å². The van der Waals surface area contributed by atoms with Gasteiger partial charge in [-0.3, -0.25) is 9.59 Å². The van der Waals surface area contributed by atoms with E-state index in [4.69, 9.17) is 9.84 Å². The fraction of sp³-hybridized carbons (Fsp3) is 0.750. The average Bonchev–Trinajstić information content (AvgIpc) is 2.42. The Morgan fingerprint density at radius 1 is 1.35 bits per heavy atom. The smallest absolute Gasteiger partial charge is 0.327 e. The van der Waals surface area contributed by atoms with E-state index in [1.807, 2.05) is 0 Å². The number of morpholine rings is 1. The molecule has 8 heteroatoms. The lowest BCUT2D eigenvalue weighted by Gasteiger charge is -2.29. The van der Waals surface area contributed by atoms with E-state index in [2.05, 4.69) is 5.32 Å². The third-order valence-corrected chi connectivity index (χ3v) is 4.09. The van der Waals surface area contributed by atoms with Crippen LogP contribution in [0.15, 0.2) is 0 Å². The maximum atomic E-state index is 12.1. The Morgan fingerprint density at radius 3 is 2.45 bits per heavy atom. The fourth-order valence-corrected chi connectivity index (χ4v) is 2.77. The van der Waals surface area contributed by atoms with Gasteiger partial charge in [0.05, 0.1) is 18.5 Å². The Kier molecular flexibility index (Phi) is 6.80. The van der Waals surface area contributed by atoms with Gasteiger partial charge in [-0.15, -0.1) is 11.8 Å². The second-order valence-electron chi connectivity index (χ2n) is 4.50. The summed E-state index contributed by atoms with van der Waals surface area (Å²) < 4.78 is 5.18. The van der Waals surface area contributed by atoms with E-state index in [0.29, 0.717) is 26.3 Å². The summed E-state index contributed by atoms with van der Waals surface area (Å²) in [7, 11) is 0. The van der Waals surface area contributed by atoms with Crippen molar-refractivity contribution in [3.05, 3.63) is 0 Å². The predicted molar refractivity (Wildman–Crippen MR) is 74.6 cm³/mol. The van der Waals surface area contributed by atoms with Gasteiger partial charge in [0.1, 0.15) is 6.04 Å². The van der Waals surface area contributed by atoms with Crippen LogP contribution in [0.4, 0.5) is 0 Å². The third-order valence-electron chi connectivity index (χ3n) is 2.86. The minimum absolute atomic E-state index is 0.0229. The highest BCUT2D eigenvalue weighted by Gasteiger charge is 2.25. The SMILES string of the molecule is CC(=O)NC(CSC(C)C(=O)N1CCOCC1)C(=O)O. The van der Waals surface area contributed by atoms with Crippen LogP contribution < -0.4 is 5.32 Å². The van der Waals surface area contributed by atoms with Gasteiger partial charge in [0, 0.05) is 25.8 Å². The number of carboxylic acid groups (broad SMARTS) is 1. The summed E-state index contributed by atoms with van der Waals surface area (Å²) in [6.45, 7) is 5.22. The minimum Gasteiger partial charge on any atom is -0.480 e. The molecular formula is C12H20N2O5S. The Balaban J connectivity index is 2.43. The van der Waals surface area contributed by atoms with Gasteiger partial charge in [0.2, 0.25) is 11.8 Å². The largest absolute Gasteiger partial charge is 0.480 e. The number of rotatable bonds is 6. The van der Waals surface area contributed by atoms with Crippen LogP contribution in [-0.4, -0.2) is 71.1 Å². The lowest BCUT2D eigenvalue weighted by atomic mass is 10.3. The summed E-state index contributed by atoms with van der Waals surface area (Å²) in [6, 6.07) is -0.975. The molecule has 2 amide bonds. The van der Waals surface area contributed by atoms with Crippen LogP contribution >= 0.6 is 11.8 Å². The number of hydrogen-bond donors (Lipinski definition) is 2. The number of nitrogens with zero attached hydrogens (tertiary/aromatic N) is 1. The molecule has 1 saturated heterocycles. The molecule has 2 N–H and O–H groups in total. The van der Waals surface area contributed by atoms with Crippen molar-refractivity contribution in [3.8, 4) is 0 Å². The highest BCUT2D eigenvalue weighted by molar-refractivity contribution is 8.00. The maximum Gasteiger partial charge on any atom is 0.327 e. The first-order valence-corrected chi connectivity index (χ1v) is 7.44. The minimum atomic E-state index is -1.10. The first-order chi connectivity index (χ1) is 9.41. The molecule has 1 fully saturated rings. The normalized spacial score (nSPS) is 18.2. The summed E-state index contributed by atoms with van der Waals surface area (Å²) in [4.78, 5) is 35.7. The van der Waals surface area contributed by atoms with Gasteiger partial charge < -0.3 is 20.1 Å². The van der Waals surface area contributed by atoms with E-state index in [1.54, 1.807) is 11.8 Å². The first kappa shape index (κ1) is 16.8. The molecule has 1 aliphatic rings. The molecule has 2 atom stereocenters. The van der Waals surface area contributed by atoms with Crippen molar-refractivity contribution in [1.82, 2.24) is 10.2 Å². The number of hydrogen-bond acceptors (Lipinski definition) is 5. The van der Waals surface area contributed by atoms with Crippen LogP contribution in [0.2, 0.25) is 0 Å². The number of thioether (sulfide) groups is 1. The van der Waals surface area contributed by atoms with Gasteiger partial charge in [0.25, 0.3) is 0 Å². The van der Waals surface area contributed by atoms with Crippen molar-refractivity contribution >= 4 is 29.5 Å². The van der Waals surface area contributed by atoms with Gasteiger partial charge >= 0.3 is 5.97 Å². The average molecular weight is 304 g/mol. The molecule has 0 saturated carbocycles. The molecule has 0 radical (unpaired) electrons. The number of carbonyl (C=O) groups excluding carboxylic acids is 2. The van der Waals surface area contributed by atoms with Crippen molar-refractivity contribution < 1.29 is 24.2 Å². The van der Waals surface area contributed by atoms with E-state index in [-0.39, 0.29) is 16.9 Å². The Bertz CT molecular complexity index is 371. The molecular weight excluding hydrogens is 284 g/mol. The van der Waals surface area contributed by atoms with E-state index in [0.717, 1.165) is 0 Å². The third kappa shape index (κ3) is 5.38. The fourth-order valence-electron chi connectivity index (χ4n) is 1.77. The van der Waals surface area contributed by atoms with Crippen molar-refractivity contribution in [1.29, 1.82) is 0 Å². The van der Waals surface area contributed by atoms with Crippen molar-refractivity contribution in [2.45, 2.75) is 25.1 Å². The summed E-state index contributed by atoms with van der Waals surface area (Å²) >= 11 is 1.23. The Morgan fingerprint density at radius 2 is 1.95 bits per heavy atom. The summed E-state index contributed by atoms with van der Waals surface area (Å²) in [5.74, 6) is -1.36. The molecule has 0 spiro atoms. The number of amides is 2. The number of carbonyl (C=O) groups is 3. The molecule has 1 rings (SSSR count). The standard InChI is InChI=1S/C12H20N2O5S/c1-8(11(16)14-3-5-19-6-4-14)20-7-10(12(17)18)13-9(2)15/h8,10H,3-7H2,1-2H3,(H,13,15)(H,17,18). The van der Waals surface area contributed by atoms with E-state index >= 15 is 0 Å². The predicted octanol–water partition coefficient (Wildman–Crippen LogP) is -0.444. The Hall–Kier alpha value is -1.28. The first-order valence-electron chi connectivity index (χ1n) is 6.40. The van der Waals surface area contributed by atoms with Crippen LogP contribution in [0.5, 0.6) is 0 Å². The number of nitrogens with one attached hydrogen (secondary N) is 1. The maximum absolute atomic E-state index is 12.1. The quantitative estimate of drug-likeness (QED) is 0.690. The van der Waals surface area contributed by atoms with Crippen molar-refractivity contribution in [2.24, 2.45) is 0 Å². The molecule has 0 aliphatic carbocycles. The van der Waals surface area contributed by atoms with Crippen LogP contribution in [0.25, 0.3) is 0 Å². The topological polar surface area (TPSA) is 95.9 Å². The molecule has 2 unspecified atom stereocenters. The van der Waals surface area contributed by atoms with Crippen LogP contribution in [0.3, 0.4) is 0 Å². The highest BCUT2D eigenvalue weighted by atomic mass is 32.2. The summed E-state index contributed by atoms with van der Waals surface area (Å²) in [6.07, 6.45) is 0. The molecule has 7 nitrogen and oxygen atoms in total. The lowest BCUT2D eigenvalue weighted by molar-refractivity contribution is -0.140. The second-order valence-corrected chi connectivity index (χ2v) is 5.88. The monoisotopic (exact) mass is 304 g/mol. The highest BCUT2D eigenvalue weighted by Crippen LogP contribution is 2.15. The molecule has 1 aliphatic heterocycles. The molecule has 0 aromatic heterocycles. The lowest BCUT2D eigenvalue weighted by Crippen LogP contribution is -2.45. The van der Waals surface area contributed by atoms with Gasteiger partial charge in [-0.25, -0.2) is 4.79 Å². The molecule has 0 aromatic carbocycles. The zero-order valence-corrected chi connectivity index (χ0v) is 12.4. The van der Waals surface area contributed by atoms with Crippen LogP contribution in [-0.2, 0) is 19.1 Å². The zero-order chi connectivity index (χ0) is 15.1. The molecule has 0 bridgehead atoms. The van der Waals surface area contributed by atoms with Gasteiger partial charge in [0.15, 0.2) is 0 Å². The van der Waals surface area contributed by atoms with Gasteiger partial charge in [-0.1, -0.05) is 0 Å².